The predicted molar refractivity (Wildman–Crippen MR) is 77.5 cm³/mol. The Morgan fingerprint density at radius 2 is 2.18 bits per heavy atom. The lowest BCUT2D eigenvalue weighted by Gasteiger charge is -2.08. The maximum atomic E-state index is 13.6. The minimum atomic E-state index is -0.790. The van der Waals surface area contributed by atoms with Gasteiger partial charge >= 0.3 is 0 Å². The molecule has 1 heterocycles. The van der Waals surface area contributed by atoms with E-state index in [1.165, 1.54) is 13.2 Å². The molecular weight excluding hydrogens is 293 g/mol. The molecule has 0 bridgehead atoms. The first kappa shape index (κ1) is 15.7. The number of nitro groups is 1. The van der Waals surface area contributed by atoms with Gasteiger partial charge in [-0.1, -0.05) is 19.0 Å². The number of nitrogens with zero attached hydrogens (tertiary/aromatic N) is 2. The van der Waals surface area contributed by atoms with Gasteiger partial charge in [0.05, 0.1) is 30.3 Å². The van der Waals surface area contributed by atoms with Crippen molar-refractivity contribution in [3.8, 4) is 5.75 Å². The van der Waals surface area contributed by atoms with Crippen LogP contribution in [0.3, 0.4) is 0 Å². The number of aromatic nitrogens is 1. The van der Waals surface area contributed by atoms with Crippen LogP contribution >= 0.6 is 0 Å². The van der Waals surface area contributed by atoms with Gasteiger partial charge in [0.2, 0.25) is 0 Å². The van der Waals surface area contributed by atoms with Crippen LogP contribution in [0.5, 0.6) is 5.75 Å². The topological polar surface area (TPSA) is 90.4 Å². The summed E-state index contributed by atoms with van der Waals surface area (Å²) in [5.74, 6) is -0.117. The summed E-state index contributed by atoms with van der Waals surface area (Å²) in [6, 6.07) is 3.83. The van der Waals surface area contributed by atoms with Crippen LogP contribution in [-0.4, -0.2) is 17.2 Å². The smallest absolute Gasteiger partial charge is 0.295 e. The summed E-state index contributed by atoms with van der Waals surface area (Å²) in [4.78, 5) is 10.3. The van der Waals surface area contributed by atoms with Gasteiger partial charge in [0.1, 0.15) is 5.69 Å². The normalized spacial score (nSPS) is 10.8. The molecule has 8 heteroatoms. The standard InChI is InChI=1S/C14H16FN3O4/c1-8(2)11-4-9(22-17-11)7-16-12-6-14(21-3)10(15)5-13(12)18(19)20/h4-6,8,16H,7H2,1-3H3. The first-order valence-corrected chi connectivity index (χ1v) is 6.63. The molecule has 0 atom stereocenters. The van der Waals surface area contributed by atoms with Crippen molar-refractivity contribution in [1.29, 1.82) is 0 Å². The van der Waals surface area contributed by atoms with Crippen LogP contribution in [0.15, 0.2) is 22.7 Å². The number of halogens is 1. The van der Waals surface area contributed by atoms with Crippen molar-refractivity contribution in [2.75, 3.05) is 12.4 Å². The lowest BCUT2D eigenvalue weighted by atomic mass is 10.1. The van der Waals surface area contributed by atoms with E-state index in [1.807, 2.05) is 13.8 Å². The number of nitrogens with one attached hydrogen (secondary N) is 1. The largest absolute Gasteiger partial charge is 0.494 e. The molecule has 0 saturated carbocycles. The van der Waals surface area contributed by atoms with Crippen LogP contribution in [0.2, 0.25) is 0 Å². The molecule has 0 radical (unpaired) electrons. The number of ether oxygens (including phenoxy) is 1. The molecule has 0 aliphatic carbocycles. The van der Waals surface area contributed by atoms with Gasteiger partial charge in [-0.25, -0.2) is 4.39 Å². The molecule has 0 fully saturated rings. The first-order valence-electron chi connectivity index (χ1n) is 6.63. The molecule has 0 spiro atoms. The molecular formula is C14H16FN3O4. The van der Waals surface area contributed by atoms with Crippen LogP contribution < -0.4 is 10.1 Å². The van der Waals surface area contributed by atoms with Crippen molar-refractivity contribution in [2.24, 2.45) is 0 Å². The summed E-state index contributed by atoms with van der Waals surface area (Å²) in [6.45, 7) is 4.14. The minimum absolute atomic E-state index is 0.0754. The molecule has 0 unspecified atom stereocenters. The lowest BCUT2D eigenvalue weighted by Crippen LogP contribution is -2.03. The second kappa shape index (κ2) is 6.42. The van der Waals surface area contributed by atoms with E-state index in [9.17, 15) is 14.5 Å². The van der Waals surface area contributed by atoms with Gasteiger partial charge in [0, 0.05) is 12.1 Å². The van der Waals surface area contributed by atoms with E-state index in [0.29, 0.717) is 5.76 Å². The first-order chi connectivity index (χ1) is 10.4. The summed E-state index contributed by atoms with van der Waals surface area (Å²) in [7, 11) is 1.29. The Hall–Kier alpha value is -2.64. The van der Waals surface area contributed by atoms with E-state index in [-0.39, 0.29) is 29.6 Å². The average Bonchev–Trinajstić information content (AvgIpc) is 2.94. The molecule has 1 aromatic heterocycles. The van der Waals surface area contributed by atoms with E-state index >= 15 is 0 Å². The van der Waals surface area contributed by atoms with Gasteiger partial charge in [0.15, 0.2) is 17.3 Å². The highest BCUT2D eigenvalue weighted by Crippen LogP contribution is 2.32. The maximum absolute atomic E-state index is 13.6. The quantitative estimate of drug-likeness (QED) is 0.649. The molecule has 1 aromatic carbocycles. The second-order valence-electron chi connectivity index (χ2n) is 4.99. The van der Waals surface area contributed by atoms with Crippen molar-refractivity contribution in [2.45, 2.75) is 26.3 Å². The summed E-state index contributed by atoms with van der Waals surface area (Å²) in [6.07, 6.45) is 0. The third-order valence-corrected chi connectivity index (χ3v) is 3.09. The zero-order valence-electron chi connectivity index (χ0n) is 12.4. The van der Waals surface area contributed by atoms with Crippen LogP contribution in [0.4, 0.5) is 15.8 Å². The molecule has 0 saturated heterocycles. The number of benzene rings is 1. The molecule has 7 nitrogen and oxygen atoms in total. The molecule has 118 valence electrons. The van der Waals surface area contributed by atoms with Gasteiger partial charge in [-0.3, -0.25) is 10.1 Å². The van der Waals surface area contributed by atoms with Crippen LogP contribution in [0, 0.1) is 15.9 Å². The van der Waals surface area contributed by atoms with Crippen molar-refractivity contribution < 1.29 is 18.6 Å². The zero-order chi connectivity index (χ0) is 16.3. The van der Waals surface area contributed by atoms with Crippen molar-refractivity contribution in [3.63, 3.8) is 0 Å². The zero-order valence-corrected chi connectivity index (χ0v) is 12.4. The van der Waals surface area contributed by atoms with Crippen LogP contribution in [0.1, 0.15) is 31.2 Å². The summed E-state index contributed by atoms with van der Waals surface area (Å²) < 4.78 is 23.5. The number of nitro benzene ring substituents is 1. The average molecular weight is 309 g/mol. The second-order valence-corrected chi connectivity index (χ2v) is 4.99. The fourth-order valence-corrected chi connectivity index (χ4v) is 1.86. The Labute approximate surface area is 126 Å². The molecule has 0 aliphatic rings. The Kier molecular flexibility index (Phi) is 4.59. The number of methoxy groups -OCH3 is 1. The summed E-state index contributed by atoms with van der Waals surface area (Å²) in [5, 5.41) is 17.7. The van der Waals surface area contributed by atoms with Crippen LogP contribution in [0.25, 0.3) is 0 Å². The van der Waals surface area contributed by atoms with Gasteiger partial charge < -0.3 is 14.6 Å². The van der Waals surface area contributed by atoms with E-state index in [2.05, 4.69) is 10.5 Å². The summed E-state index contributed by atoms with van der Waals surface area (Å²) >= 11 is 0. The number of hydrogen-bond acceptors (Lipinski definition) is 6. The molecule has 22 heavy (non-hydrogen) atoms. The van der Waals surface area contributed by atoms with Gasteiger partial charge in [-0.2, -0.15) is 0 Å². The number of rotatable bonds is 6. The third-order valence-electron chi connectivity index (χ3n) is 3.09. The molecule has 2 rings (SSSR count). The fourth-order valence-electron chi connectivity index (χ4n) is 1.86. The number of hydrogen-bond donors (Lipinski definition) is 1. The van der Waals surface area contributed by atoms with Gasteiger partial charge in [-0.15, -0.1) is 0 Å². The highest BCUT2D eigenvalue weighted by molar-refractivity contribution is 5.64. The molecule has 2 aromatic rings. The Balaban J connectivity index is 2.22. The highest BCUT2D eigenvalue weighted by Gasteiger charge is 2.19. The van der Waals surface area contributed by atoms with E-state index in [0.717, 1.165) is 11.8 Å². The highest BCUT2D eigenvalue weighted by atomic mass is 19.1. The molecule has 0 amide bonds. The third kappa shape index (κ3) is 3.33. The lowest BCUT2D eigenvalue weighted by molar-refractivity contribution is -0.384. The summed E-state index contributed by atoms with van der Waals surface area (Å²) in [5.41, 5.74) is 0.565. The van der Waals surface area contributed by atoms with Gasteiger partial charge in [-0.05, 0) is 5.92 Å². The minimum Gasteiger partial charge on any atom is -0.494 e. The molecule has 1 N–H and O–H groups in total. The van der Waals surface area contributed by atoms with Gasteiger partial charge in [0.25, 0.3) is 5.69 Å². The van der Waals surface area contributed by atoms with Crippen molar-refractivity contribution in [3.05, 3.63) is 45.6 Å². The SMILES string of the molecule is COc1cc(NCc2cc(C(C)C)no2)c([N+](=O)[O-])cc1F. The van der Waals surface area contributed by atoms with E-state index in [4.69, 9.17) is 9.26 Å². The van der Waals surface area contributed by atoms with Crippen molar-refractivity contribution in [1.82, 2.24) is 5.16 Å². The van der Waals surface area contributed by atoms with Crippen LogP contribution in [-0.2, 0) is 6.54 Å². The number of anilines is 1. The maximum Gasteiger partial charge on any atom is 0.295 e. The van der Waals surface area contributed by atoms with E-state index in [1.54, 1.807) is 6.07 Å². The fraction of sp³-hybridized carbons (Fsp3) is 0.357. The predicted octanol–water partition coefficient (Wildman–Crippen LogP) is 3.47. The van der Waals surface area contributed by atoms with Crippen molar-refractivity contribution >= 4 is 11.4 Å². The monoisotopic (exact) mass is 309 g/mol. The Morgan fingerprint density at radius 3 is 2.73 bits per heavy atom. The Morgan fingerprint density at radius 1 is 1.45 bits per heavy atom. The molecule has 0 aliphatic heterocycles. The Bertz CT molecular complexity index is 685. The van der Waals surface area contributed by atoms with E-state index < -0.39 is 10.7 Å².